The Labute approximate surface area is 199 Å². The van der Waals surface area contributed by atoms with Crippen LogP contribution >= 0.6 is 0 Å². The molecule has 0 amide bonds. The molecule has 2 aliphatic rings. The number of para-hydroxylation sites is 1. The maximum absolute atomic E-state index is 10.3. The molecule has 0 saturated heterocycles. The average molecular weight is 472 g/mol. The smallest absolute Gasteiger partial charge is 0.333 e. The fraction of sp³-hybridized carbons (Fsp3) is 0.462. The Bertz CT molecular complexity index is 1040. The molecule has 180 valence electrons. The number of nitrogens with zero attached hydrogens (tertiary/aromatic N) is 2. The van der Waals surface area contributed by atoms with Crippen LogP contribution in [0.2, 0.25) is 0 Å². The molecule has 0 spiro atoms. The predicted molar refractivity (Wildman–Crippen MR) is 137 cm³/mol. The second kappa shape index (κ2) is 11.8. The first-order valence-electron chi connectivity index (χ1n) is 11.7. The van der Waals surface area contributed by atoms with Crippen LogP contribution in [0.5, 0.6) is 0 Å². The topological polar surface area (TPSA) is 72.9 Å². The molecule has 6 nitrogen and oxygen atoms in total. The summed E-state index contributed by atoms with van der Waals surface area (Å²) in [5.41, 5.74) is 6.80. The number of nitrogens with one attached hydrogen (secondary N) is 1. The molecule has 0 unspecified atom stereocenters. The number of benzene rings is 2. The zero-order valence-electron chi connectivity index (χ0n) is 20.0. The summed E-state index contributed by atoms with van der Waals surface area (Å²) in [5.74, 6) is 0. The molecule has 2 aromatic carbocycles. The molecule has 33 heavy (non-hydrogen) atoms. The molecule has 2 N–H and O–H groups in total. The van der Waals surface area contributed by atoms with Crippen LogP contribution in [0, 0.1) is 0 Å². The molecule has 0 radical (unpaired) electrons. The molecule has 2 aromatic rings. The van der Waals surface area contributed by atoms with Crippen LogP contribution in [0.25, 0.3) is 5.57 Å². The zero-order chi connectivity index (χ0) is 23.8. The average Bonchev–Trinajstić information content (AvgIpc) is 2.88. The molecule has 1 fully saturated rings. The second-order valence-electron chi connectivity index (χ2n) is 9.17. The van der Waals surface area contributed by atoms with Crippen LogP contribution in [0.1, 0.15) is 55.2 Å². The lowest BCUT2D eigenvalue weighted by Crippen LogP contribution is -2.35. The van der Waals surface area contributed by atoms with Gasteiger partial charge in [0.2, 0.25) is 0 Å². The van der Waals surface area contributed by atoms with E-state index in [-0.39, 0.29) is 6.04 Å². The van der Waals surface area contributed by atoms with Gasteiger partial charge in [-0.3, -0.25) is 4.55 Å². The fourth-order valence-electron chi connectivity index (χ4n) is 4.56. The van der Waals surface area contributed by atoms with Crippen LogP contribution in [0.3, 0.4) is 0 Å². The Morgan fingerprint density at radius 3 is 2.33 bits per heavy atom. The van der Waals surface area contributed by atoms with Crippen LogP contribution in [-0.4, -0.2) is 51.6 Å². The third-order valence-electron chi connectivity index (χ3n) is 6.17. The first-order valence-corrected chi connectivity index (χ1v) is 13.2. The van der Waals surface area contributed by atoms with Gasteiger partial charge in [0.25, 0.3) is 0 Å². The summed E-state index contributed by atoms with van der Waals surface area (Å²) in [4.78, 5) is 4.58. The summed E-state index contributed by atoms with van der Waals surface area (Å²) >= 11 is 0. The summed E-state index contributed by atoms with van der Waals surface area (Å²) < 4.78 is 31.3. The molecule has 4 rings (SSSR count). The van der Waals surface area contributed by atoms with E-state index >= 15 is 0 Å². The third-order valence-corrected chi connectivity index (χ3v) is 6.80. The first-order chi connectivity index (χ1) is 15.7. The Balaban J connectivity index is 0.000000235. The van der Waals surface area contributed by atoms with Crippen LogP contribution in [0.15, 0.2) is 54.6 Å². The molecule has 0 atom stereocenters. The second-order valence-corrected chi connectivity index (χ2v) is 10.4. The highest BCUT2D eigenvalue weighted by Gasteiger charge is 2.20. The van der Waals surface area contributed by atoms with Gasteiger partial charge >= 0.3 is 10.3 Å². The zero-order valence-corrected chi connectivity index (χ0v) is 20.8. The van der Waals surface area contributed by atoms with E-state index in [1.165, 1.54) is 34.4 Å². The molecular formula is C26H37N3O3S. The minimum atomic E-state index is -3.97. The lowest BCUT2D eigenvalue weighted by atomic mass is 9.93. The van der Waals surface area contributed by atoms with Crippen molar-refractivity contribution in [2.45, 2.75) is 51.1 Å². The van der Waals surface area contributed by atoms with Crippen molar-refractivity contribution >= 4 is 21.6 Å². The van der Waals surface area contributed by atoms with Crippen LogP contribution < -0.4 is 9.62 Å². The van der Waals surface area contributed by atoms with Crippen LogP contribution in [0.4, 0.5) is 5.69 Å². The number of fused-ring (bicyclic) bond motifs is 2. The van der Waals surface area contributed by atoms with Crippen molar-refractivity contribution in [3.63, 3.8) is 0 Å². The summed E-state index contributed by atoms with van der Waals surface area (Å²) in [6.45, 7) is 2.03. The number of anilines is 1. The minimum absolute atomic E-state index is 0.0428. The van der Waals surface area contributed by atoms with Crippen LogP contribution in [-0.2, 0) is 16.8 Å². The van der Waals surface area contributed by atoms with Crippen molar-refractivity contribution in [1.82, 2.24) is 9.62 Å². The standard InChI is InChI=1S/C20H24N2.C6H13NO3S/c1-21(2)14-8-12-18-17-10-5-4-9-16(17)15-22(3)20-13-7-6-11-19(18)20;8-11(9,10)7-6-4-2-1-3-5-6/h4-7,9-13H,8,14-15H2,1-3H3;6-7H,1-5H2,(H,8,9,10). The van der Waals surface area contributed by atoms with Crippen molar-refractivity contribution in [2.75, 3.05) is 32.6 Å². The third kappa shape index (κ3) is 7.67. The van der Waals surface area contributed by atoms with Gasteiger partial charge in [0.15, 0.2) is 0 Å². The van der Waals surface area contributed by atoms with E-state index in [2.05, 4.69) is 90.3 Å². The highest BCUT2D eigenvalue weighted by Crippen LogP contribution is 2.37. The van der Waals surface area contributed by atoms with Crippen molar-refractivity contribution in [1.29, 1.82) is 0 Å². The van der Waals surface area contributed by atoms with Gasteiger partial charge in [-0.05, 0) is 56.1 Å². The van der Waals surface area contributed by atoms with Gasteiger partial charge in [-0.25, -0.2) is 0 Å². The Morgan fingerprint density at radius 2 is 1.67 bits per heavy atom. The SMILES string of the molecule is CN(C)CCC=C1c2ccccc2CN(C)c2ccccc21.O=S(=O)(O)NC1CCCCC1. The molecule has 0 aromatic heterocycles. The van der Waals surface area contributed by atoms with E-state index in [1.54, 1.807) is 0 Å². The van der Waals surface area contributed by atoms with Crippen molar-refractivity contribution in [2.24, 2.45) is 0 Å². The highest BCUT2D eigenvalue weighted by molar-refractivity contribution is 7.83. The molecule has 0 bridgehead atoms. The number of hydrogen-bond acceptors (Lipinski definition) is 4. The van der Waals surface area contributed by atoms with Gasteiger partial charge < -0.3 is 9.80 Å². The summed E-state index contributed by atoms with van der Waals surface area (Å²) in [6.07, 6.45) is 8.43. The van der Waals surface area contributed by atoms with Gasteiger partial charge in [0.05, 0.1) is 0 Å². The molecular weight excluding hydrogens is 434 g/mol. The Hall–Kier alpha value is -2.19. The quantitative estimate of drug-likeness (QED) is 0.617. The molecule has 1 aliphatic heterocycles. The van der Waals surface area contributed by atoms with Gasteiger partial charge in [0.1, 0.15) is 0 Å². The molecule has 1 saturated carbocycles. The summed E-state index contributed by atoms with van der Waals surface area (Å²) in [6, 6.07) is 17.5. The van der Waals surface area contributed by atoms with E-state index in [9.17, 15) is 8.42 Å². The lowest BCUT2D eigenvalue weighted by Gasteiger charge is -2.20. The van der Waals surface area contributed by atoms with Gasteiger partial charge in [-0.1, -0.05) is 67.8 Å². The highest BCUT2D eigenvalue weighted by atomic mass is 32.2. The predicted octanol–water partition coefficient (Wildman–Crippen LogP) is 4.73. The number of rotatable bonds is 5. The Morgan fingerprint density at radius 1 is 1.03 bits per heavy atom. The van der Waals surface area contributed by atoms with E-state index in [4.69, 9.17) is 4.55 Å². The van der Waals surface area contributed by atoms with Gasteiger partial charge in [0, 0.05) is 37.4 Å². The van der Waals surface area contributed by atoms with Crippen molar-refractivity contribution < 1.29 is 13.0 Å². The maximum atomic E-state index is 10.3. The molecule has 1 heterocycles. The lowest BCUT2D eigenvalue weighted by molar-refractivity contribution is 0.389. The number of hydrogen-bond donors (Lipinski definition) is 2. The van der Waals surface area contributed by atoms with E-state index < -0.39 is 10.3 Å². The summed E-state index contributed by atoms with van der Waals surface area (Å²) in [5, 5.41) is 0. The molecule has 1 aliphatic carbocycles. The Kier molecular flexibility index (Phi) is 9.09. The van der Waals surface area contributed by atoms with E-state index in [0.717, 1.165) is 45.2 Å². The van der Waals surface area contributed by atoms with Gasteiger partial charge in [-0.2, -0.15) is 13.1 Å². The van der Waals surface area contributed by atoms with E-state index in [1.807, 2.05) is 0 Å². The monoisotopic (exact) mass is 471 g/mol. The van der Waals surface area contributed by atoms with Gasteiger partial charge in [-0.15, -0.1) is 0 Å². The molecule has 7 heteroatoms. The maximum Gasteiger partial charge on any atom is 0.333 e. The fourth-order valence-corrected chi connectivity index (χ4v) is 5.22. The normalized spacial score (nSPS) is 17.7. The largest absolute Gasteiger partial charge is 0.370 e. The first kappa shape index (κ1) is 25.4. The van der Waals surface area contributed by atoms with Crippen molar-refractivity contribution in [3.05, 3.63) is 71.3 Å². The van der Waals surface area contributed by atoms with Crippen molar-refractivity contribution in [3.8, 4) is 0 Å². The van der Waals surface area contributed by atoms with E-state index in [0.29, 0.717) is 0 Å². The minimum Gasteiger partial charge on any atom is -0.370 e. The summed E-state index contributed by atoms with van der Waals surface area (Å²) in [7, 11) is 2.46.